The molecule has 1 saturated heterocycles. The van der Waals surface area contributed by atoms with Crippen molar-refractivity contribution in [1.82, 2.24) is 5.32 Å². The van der Waals surface area contributed by atoms with Gasteiger partial charge in [0.2, 0.25) is 0 Å². The number of hydrogen-bond donors (Lipinski definition) is 2. The Kier molecular flexibility index (Phi) is 9.48. The molecule has 0 aliphatic carbocycles. The van der Waals surface area contributed by atoms with Gasteiger partial charge in [0.15, 0.2) is 0 Å². The quantitative estimate of drug-likeness (QED) is 0.641. The van der Waals surface area contributed by atoms with Gasteiger partial charge in [-0.2, -0.15) is 0 Å². The van der Waals surface area contributed by atoms with E-state index >= 15 is 0 Å². The molecule has 0 aromatic carbocycles. The van der Waals surface area contributed by atoms with Crippen LogP contribution in [0.1, 0.15) is 65.2 Å². The molecule has 19 heavy (non-hydrogen) atoms. The fraction of sp³-hybridized carbons (Fsp3) is 1.00. The van der Waals surface area contributed by atoms with Crippen LogP contribution in [0.3, 0.4) is 0 Å². The van der Waals surface area contributed by atoms with Gasteiger partial charge in [-0.05, 0) is 18.8 Å². The summed E-state index contributed by atoms with van der Waals surface area (Å²) in [5.41, 5.74) is 0. The topological polar surface area (TPSA) is 41.5 Å². The van der Waals surface area contributed by atoms with Crippen molar-refractivity contribution in [2.45, 2.75) is 77.4 Å². The lowest BCUT2D eigenvalue weighted by molar-refractivity contribution is -0.0195. The van der Waals surface area contributed by atoms with Gasteiger partial charge in [0.25, 0.3) is 0 Å². The zero-order chi connectivity index (χ0) is 13.9. The van der Waals surface area contributed by atoms with Crippen LogP contribution in [-0.4, -0.2) is 37.0 Å². The highest BCUT2D eigenvalue weighted by Gasteiger charge is 2.24. The summed E-state index contributed by atoms with van der Waals surface area (Å²) in [5.74, 6) is 0.913. The van der Waals surface area contributed by atoms with Gasteiger partial charge in [-0.3, -0.25) is 0 Å². The van der Waals surface area contributed by atoms with Crippen LogP contribution in [-0.2, 0) is 4.74 Å². The number of rotatable bonds is 10. The summed E-state index contributed by atoms with van der Waals surface area (Å²) in [6.45, 7) is 6.56. The van der Waals surface area contributed by atoms with Crippen molar-refractivity contribution >= 4 is 0 Å². The van der Waals surface area contributed by atoms with E-state index in [4.69, 9.17) is 9.84 Å². The lowest BCUT2D eigenvalue weighted by atomic mass is 9.90. The van der Waals surface area contributed by atoms with Crippen LogP contribution in [0.2, 0.25) is 0 Å². The predicted molar refractivity (Wildman–Crippen MR) is 80.4 cm³/mol. The molecule has 3 heteroatoms. The van der Waals surface area contributed by atoms with Gasteiger partial charge in [-0.1, -0.05) is 52.4 Å². The van der Waals surface area contributed by atoms with Crippen LogP contribution in [0.5, 0.6) is 0 Å². The SMILES string of the molecule is CCCC(CCC)CCCC1NCCOC1CCO. The lowest BCUT2D eigenvalue weighted by Crippen LogP contribution is -2.48. The second-order valence-corrected chi connectivity index (χ2v) is 5.86. The van der Waals surface area contributed by atoms with Gasteiger partial charge in [-0.15, -0.1) is 0 Å². The Balaban J connectivity index is 2.24. The first-order chi connectivity index (χ1) is 9.31. The van der Waals surface area contributed by atoms with Gasteiger partial charge in [-0.25, -0.2) is 0 Å². The average molecular weight is 271 g/mol. The summed E-state index contributed by atoms with van der Waals surface area (Å²) in [4.78, 5) is 0. The van der Waals surface area contributed by atoms with Crippen molar-refractivity contribution in [3.8, 4) is 0 Å². The minimum atomic E-state index is 0.217. The second kappa shape index (κ2) is 10.6. The maximum absolute atomic E-state index is 9.08. The first-order valence-corrected chi connectivity index (χ1v) is 8.27. The van der Waals surface area contributed by atoms with E-state index in [0.29, 0.717) is 6.04 Å². The Morgan fingerprint density at radius 2 is 1.89 bits per heavy atom. The van der Waals surface area contributed by atoms with Gasteiger partial charge in [0.1, 0.15) is 0 Å². The Morgan fingerprint density at radius 3 is 2.53 bits per heavy atom. The third kappa shape index (κ3) is 6.73. The third-order valence-electron chi connectivity index (χ3n) is 4.22. The maximum Gasteiger partial charge on any atom is 0.0750 e. The molecule has 0 amide bonds. The van der Waals surface area contributed by atoms with E-state index in [-0.39, 0.29) is 12.7 Å². The standard InChI is InChI=1S/C16H33NO2/c1-3-6-14(7-4-2)8-5-9-15-16(10-12-18)19-13-11-17-15/h14-18H,3-13H2,1-2H3. The molecule has 1 aliphatic heterocycles. The first kappa shape index (κ1) is 16.9. The molecule has 0 bridgehead atoms. The minimum absolute atomic E-state index is 0.217. The van der Waals surface area contributed by atoms with Gasteiger partial charge >= 0.3 is 0 Å². The van der Waals surface area contributed by atoms with Gasteiger partial charge in [0, 0.05) is 19.2 Å². The highest BCUT2D eigenvalue weighted by atomic mass is 16.5. The molecule has 2 atom stereocenters. The zero-order valence-electron chi connectivity index (χ0n) is 12.9. The largest absolute Gasteiger partial charge is 0.396 e. The number of hydrogen-bond acceptors (Lipinski definition) is 3. The van der Waals surface area contributed by atoms with Crippen LogP contribution in [0, 0.1) is 5.92 Å². The average Bonchev–Trinajstić information content (AvgIpc) is 2.41. The monoisotopic (exact) mass is 271 g/mol. The van der Waals surface area contributed by atoms with Crippen molar-refractivity contribution < 1.29 is 9.84 Å². The van der Waals surface area contributed by atoms with Gasteiger partial charge < -0.3 is 15.2 Å². The molecule has 2 unspecified atom stereocenters. The van der Waals surface area contributed by atoms with E-state index in [1.165, 1.54) is 44.9 Å². The fourth-order valence-electron chi connectivity index (χ4n) is 3.28. The molecule has 2 N–H and O–H groups in total. The summed E-state index contributed by atoms with van der Waals surface area (Å²) in [6, 6.07) is 0.449. The Hall–Kier alpha value is -0.120. The summed E-state index contributed by atoms with van der Waals surface area (Å²) >= 11 is 0. The van der Waals surface area contributed by atoms with Crippen LogP contribution in [0.4, 0.5) is 0 Å². The third-order valence-corrected chi connectivity index (χ3v) is 4.22. The number of ether oxygens (including phenoxy) is 1. The molecule has 1 heterocycles. The fourth-order valence-corrected chi connectivity index (χ4v) is 3.28. The van der Waals surface area contributed by atoms with E-state index in [1.807, 2.05) is 0 Å². The molecule has 114 valence electrons. The summed E-state index contributed by atoms with van der Waals surface area (Å²) in [5, 5.41) is 12.6. The molecule has 0 spiro atoms. The van der Waals surface area contributed by atoms with Crippen LogP contribution >= 0.6 is 0 Å². The van der Waals surface area contributed by atoms with E-state index in [1.54, 1.807) is 0 Å². The molecule has 1 fully saturated rings. The van der Waals surface area contributed by atoms with Crippen molar-refractivity contribution in [2.75, 3.05) is 19.8 Å². The predicted octanol–water partition coefficient (Wildman–Crippen LogP) is 3.11. The van der Waals surface area contributed by atoms with Crippen molar-refractivity contribution in [3.05, 3.63) is 0 Å². The Bertz CT molecular complexity index is 203. The Morgan fingerprint density at radius 1 is 1.16 bits per heavy atom. The van der Waals surface area contributed by atoms with Crippen LogP contribution < -0.4 is 5.32 Å². The van der Waals surface area contributed by atoms with E-state index in [9.17, 15) is 0 Å². The lowest BCUT2D eigenvalue weighted by Gasteiger charge is -2.33. The molecule has 0 aromatic heterocycles. The minimum Gasteiger partial charge on any atom is -0.396 e. The second-order valence-electron chi connectivity index (χ2n) is 5.86. The number of aliphatic hydroxyl groups is 1. The summed E-state index contributed by atoms with van der Waals surface area (Å²) < 4.78 is 5.76. The molecule has 3 nitrogen and oxygen atoms in total. The van der Waals surface area contributed by atoms with E-state index < -0.39 is 0 Å². The maximum atomic E-state index is 9.08. The highest BCUT2D eigenvalue weighted by molar-refractivity contribution is 4.81. The molecule has 1 rings (SSSR count). The number of nitrogens with one attached hydrogen (secondary N) is 1. The van der Waals surface area contributed by atoms with Gasteiger partial charge in [0.05, 0.1) is 12.7 Å². The molecule has 1 aliphatic rings. The van der Waals surface area contributed by atoms with Crippen LogP contribution in [0.15, 0.2) is 0 Å². The van der Waals surface area contributed by atoms with Crippen LogP contribution in [0.25, 0.3) is 0 Å². The zero-order valence-corrected chi connectivity index (χ0v) is 12.9. The molecule has 0 aromatic rings. The van der Waals surface area contributed by atoms with Crippen molar-refractivity contribution in [3.63, 3.8) is 0 Å². The van der Waals surface area contributed by atoms with Crippen molar-refractivity contribution in [1.29, 1.82) is 0 Å². The molecule has 0 saturated carbocycles. The van der Waals surface area contributed by atoms with Crippen molar-refractivity contribution in [2.24, 2.45) is 5.92 Å². The van der Waals surface area contributed by atoms with E-state index in [2.05, 4.69) is 19.2 Å². The smallest absolute Gasteiger partial charge is 0.0750 e. The molecular formula is C16H33NO2. The Labute approximate surface area is 119 Å². The number of morpholine rings is 1. The first-order valence-electron chi connectivity index (χ1n) is 8.27. The summed E-state index contributed by atoms with van der Waals surface area (Å²) in [6.07, 6.45) is 10.2. The normalized spacial score (nSPS) is 24.0. The molecular weight excluding hydrogens is 238 g/mol. The number of aliphatic hydroxyl groups excluding tert-OH is 1. The van der Waals surface area contributed by atoms with E-state index in [0.717, 1.165) is 25.5 Å². The highest BCUT2D eigenvalue weighted by Crippen LogP contribution is 2.22. The summed E-state index contributed by atoms with van der Waals surface area (Å²) in [7, 11) is 0. The molecule has 0 radical (unpaired) electrons.